The van der Waals surface area contributed by atoms with Crippen LogP contribution >= 0.6 is 46.4 Å². The van der Waals surface area contributed by atoms with Crippen molar-refractivity contribution in [2.75, 3.05) is 10.6 Å². The number of aromatic amines is 2. The number of ether oxygens (including phenoxy) is 2. The van der Waals surface area contributed by atoms with Gasteiger partial charge in [0.1, 0.15) is 23.8 Å². The summed E-state index contributed by atoms with van der Waals surface area (Å²) in [5.74, 6) is -0.628. The van der Waals surface area contributed by atoms with Crippen LogP contribution in [0.5, 0.6) is 0 Å². The fraction of sp³-hybridized carbons (Fsp3) is 0.500. The molecule has 6 rings (SSSR count). The highest BCUT2D eigenvalue weighted by Gasteiger charge is 2.35. The number of alkyl carbamates (subject to hydrolysis) is 2. The highest BCUT2D eigenvalue weighted by Crippen LogP contribution is 2.32. The molecule has 4 aromatic heterocycles. The van der Waals surface area contributed by atoms with Crippen LogP contribution in [0.2, 0.25) is 20.1 Å². The van der Waals surface area contributed by atoms with Gasteiger partial charge in [-0.25, -0.2) is 19.6 Å². The fourth-order valence-electron chi connectivity index (χ4n) is 7.26. The van der Waals surface area contributed by atoms with Gasteiger partial charge in [0.15, 0.2) is 12.2 Å². The number of hydrogen-bond donors (Lipinski definition) is 8. The lowest BCUT2D eigenvalue weighted by atomic mass is 9.89. The number of rotatable bonds is 20. The van der Waals surface area contributed by atoms with E-state index in [4.69, 9.17) is 55.9 Å². The number of fused-ring (bicyclic) bond motifs is 2. The van der Waals surface area contributed by atoms with Crippen LogP contribution in [0.3, 0.4) is 0 Å². The van der Waals surface area contributed by atoms with Crippen LogP contribution in [-0.2, 0) is 32.2 Å². The van der Waals surface area contributed by atoms with Gasteiger partial charge >= 0.3 is 12.2 Å². The van der Waals surface area contributed by atoms with Gasteiger partial charge in [-0.15, -0.1) is 0 Å². The molecule has 0 saturated carbocycles. The molecule has 6 atom stereocenters. The van der Waals surface area contributed by atoms with E-state index in [-0.39, 0.29) is 0 Å². The summed E-state index contributed by atoms with van der Waals surface area (Å²) in [6.45, 7) is 16.3. The molecule has 0 aliphatic heterocycles. The van der Waals surface area contributed by atoms with Gasteiger partial charge in [0.05, 0.1) is 92.4 Å². The van der Waals surface area contributed by atoms with Crippen molar-refractivity contribution < 1.29 is 38.9 Å². The molecule has 0 fully saturated rings. The van der Waals surface area contributed by atoms with E-state index >= 15 is 0 Å². The number of aliphatic hydroxyl groups is 2. The summed E-state index contributed by atoms with van der Waals surface area (Å²) in [6, 6.07) is 8.26. The molecule has 6 aromatic rings. The number of H-pyrrole nitrogens is 2. The maximum Gasteiger partial charge on any atom is 0.407 e. The summed E-state index contributed by atoms with van der Waals surface area (Å²) in [5, 5.41) is 46.1. The van der Waals surface area contributed by atoms with E-state index in [1.165, 1.54) is 12.4 Å². The molecule has 0 saturated heterocycles. The predicted molar refractivity (Wildman–Crippen MR) is 278 cm³/mol. The molecular formula is C48H64Cl4N12O8. The first-order chi connectivity index (χ1) is 34.0. The van der Waals surface area contributed by atoms with E-state index in [2.05, 4.69) is 51.6 Å². The summed E-state index contributed by atoms with van der Waals surface area (Å²) in [7, 11) is 0. The molecule has 0 aliphatic carbocycles. The van der Waals surface area contributed by atoms with Crippen LogP contribution < -0.4 is 21.3 Å². The molecule has 4 heterocycles. The Labute approximate surface area is 437 Å². The van der Waals surface area contributed by atoms with Crippen molar-refractivity contribution in [3.05, 3.63) is 81.5 Å². The van der Waals surface area contributed by atoms with Gasteiger partial charge in [-0.2, -0.15) is 10.2 Å². The van der Waals surface area contributed by atoms with E-state index in [0.29, 0.717) is 81.5 Å². The maximum atomic E-state index is 13.0. The summed E-state index contributed by atoms with van der Waals surface area (Å²) in [4.78, 5) is 59.7. The average Bonchev–Trinajstić information content (AvgIpc) is 4.16. The van der Waals surface area contributed by atoms with E-state index < -0.39 is 71.3 Å². The van der Waals surface area contributed by atoms with Crippen molar-refractivity contribution in [2.45, 2.75) is 144 Å². The minimum atomic E-state index is -1.48. The number of nitrogens with zero attached hydrogens (tertiary/aromatic N) is 6. The molecule has 0 bridgehead atoms. The number of anilines is 2. The summed E-state index contributed by atoms with van der Waals surface area (Å²) in [6.07, 6.45) is 4.55. The second-order valence-corrected chi connectivity index (χ2v) is 21.0. The number of carbonyl (C=O) groups is 4. The Hall–Kier alpha value is -5.64. The number of nitrogens with one attached hydrogen (secondary N) is 6. The maximum absolute atomic E-state index is 13.0. The van der Waals surface area contributed by atoms with Crippen LogP contribution in [-0.4, -0.2) is 110 Å². The normalized spacial score (nSPS) is 14.3. The Kier molecular flexibility index (Phi) is 20.6. The average molecular weight is 1080 g/mol. The number of amides is 4. The third kappa shape index (κ3) is 16.2. The highest BCUT2D eigenvalue weighted by atomic mass is 35.5. The molecule has 0 spiro atoms. The Morgan fingerprint density at radius 1 is 0.625 bits per heavy atom. The Morgan fingerprint density at radius 3 is 1.31 bits per heavy atom. The third-order valence-corrected chi connectivity index (χ3v) is 13.1. The van der Waals surface area contributed by atoms with Crippen LogP contribution in [0.4, 0.5) is 21.2 Å². The van der Waals surface area contributed by atoms with Crippen molar-refractivity contribution in [1.82, 2.24) is 50.1 Å². The predicted octanol–water partition coefficient (Wildman–Crippen LogP) is 9.53. The monoisotopic (exact) mass is 1080 g/mol. The molecule has 72 heavy (non-hydrogen) atoms. The number of halogens is 4. The molecule has 20 nitrogen and oxygen atoms in total. The minimum absolute atomic E-state index is 0.313. The van der Waals surface area contributed by atoms with Crippen molar-refractivity contribution in [1.29, 1.82) is 0 Å². The largest absolute Gasteiger partial charge is 0.444 e. The van der Waals surface area contributed by atoms with Gasteiger partial charge in [0.25, 0.3) is 11.8 Å². The molecule has 4 amide bonds. The molecular weight excluding hydrogens is 1010 g/mol. The zero-order chi connectivity index (χ0) is 52.9. The summed E-state index contributed by atoms with van der Waals surface area (Å²) in [5.41, 5.74) is 2.00. The van der Waals surface area contributed by atoms with Gasteiger partial charge in [-0.05, 0) is 37.1 Å². The van der Waals surface area contributed by atoms with Crippen molar-refractivity contribution in [3.8, 4) is 0 Å². The van der Waals surface area contributed by atoms with Crippen LogP contribution in [0, 0.1) is 10.8 Å². The lowest BCUT2D eigenvalue weighted by Gasteiger charge is -2.32. The second-order valence-electron chi connectivity index (χ2n) is 19.4. The SMILES string of the molecule is CCCC[C@H](NC(=O)O[C@H](Cn1cnc2cc(Cl)c(Cl)cc21)C(C)(C)C)[C@@H](O)C(=O)Nc1ccn[nH]1.CCCC[C@H](NC(=O)O[C@H](Cn1cnc2cc(Cl)c(Cl)cc21)C(C)(C)C)[C@H](O)C(=O)Nc1ccn[nH]1. The molecule has 24 heteroatoms. The Morgan fingerprint density at radius 2 is 0.986 bits per heavy atom. The molecule has 8 N–H and O–H groups in total. The zero-order valence-corrected chi connectivity index (χ0v) is 44.5. The van der Waals surface area contributed by atoms with Crippen LogP contribution in [0.15, 0.2) is 61.4 Å². The molecule has 392 valence electrons. The molecule has 0 aliphatic rings. The fourth-order valence-corrected chi connectivity index (χ4v) is 7.89. The van der Waals surface area contributed by atoms with Gasteiger partial charge < -0.3 is 50.1 Å². The van der Waals surface area contributed by atoms with Crippen LogP contribution in [0.1, 0.15) is 93.9 Å². The van der Waals surface area contributed by atoms with E-state index in [0.717, 1.165) is 23.9 Å². The lowest BCUT2D eigenvalue weighted by Crippen LogP contribution is -2.50. The smallest absolute Gasteiger partial charge is 0.407 e. The quantitative estimate of drug-likeness (QED) is 0.0355. The summed E-state index contributed by atoms with van der Waals surface area (Å²) < 4.78 is 15.3. The Balaban J connectivity index is 0.000000267. The number of imidazole rings is 2. The van der Waals surface area contributed by atoms with Gasteiger partial charge in [0, 0.05) is 23.0 Å². The number of hydrogen-bond acceptors (Lipinski definition) is 12. The number of carbonyl (C=O) groups excluding carboxylic acids is 4. The van der Waals surface area contributed by atoms with E-state index in [1.54, 1.807) is 49.1 Å². The van der Waals surface area contributed by atoms with Crippen molar-refractivity contribution >= 4 is 104 Å². The lowest BCUT2D eigenvalue weighted by molar-refractivity contribution is -0.126. The first-order valence-electron chi connectivity index (χ1n) is 23.5. The summed E-state index contributed by atoms with van der Waals surface area (Å²) >= 11 is 24.6. The number of unbranched alkanes of at least 4 members (excludes halogenated alkanes) is 2. The first-order valence-corrected chi connectivity index (χ1v) is 25.0. The standard InChI is InChI=1S/2C24H32Cl2N6O4/c2*1-5-6-7-16(21(33)22(34)30-20-8-9-28-31-20)29-23(35)36-19(24(2,3)4)12-32-13-27-17-10-14(25)15(26)11-18(17)32/h2*8-11,13,16,19,21,33H,5-7,12H2,1-4H3,(H,29,35)(H2,28,30,31,34)/t16-,19+,21+;16-,19+,21-/m00/s1. The Bertz CT molecular complexity index is 2540. The minimum Gasteiger partial charge on any atom is -0.444 e. The van der Waals surface area contributed by atoms with Gasteiger partial charge in [-0.1, -0.05) is 127 Å². The third-order valence-electron chi connectivity index (χ3n) is 11.6. The number of aromatic nitrogens is 8. The number of benzene rings is 2. The van der Waals surface area contributed by atoms with Crippen LogP contribution in [0.25, 0.3) is 22.1 Å². The highest BCUT2D eigenvalue weighted by molar-refractivity contribution is 6.43. The second kappa shape index (κ2) is 25.8. The molecule has 2 aromatic carbocycles. The van der Waals surface area contributed by atoms with E-state index in [1.807, 2.05) is 64.5 Å². The van der Waals surface area contributed by atoms with Gasteiger partial charge in [0.2, 0.25) is 0 Å². The van der Waals surface area contributed by atoms with E-state index in [9.17, 15) is 29.4 Å². The van der Waals surface area contributed by atoms with Crippen molar-refractivity contribution in [3.63, 3.8) is 0 Å². The zero-order valence-electron chi connectivity index (χ0n) is 41.4. The molecule has 0 unspecified atom stereocenters. The molecule has 0 radical (unpaired) electrons. The first kappa shape index (κ1) is 57.3. The van der Waals surface area contributed by atoms with Gasteiger partial charge in [-0.3, -0.25) is 19.8 Å². The van der Waals surface area contributed by atoms with Crippen molar-refractivity contribution in [2.24, 2.45) is 10.8 Å². The topological polar surface area (TPSA) is 268 Å². The number of aliphatic hydroxyl groups excluding tert-OH is 2.